The van der Waals surface area contributed by atoms with Crippen LogP contribution in [0.1, 0.15) is 297 Å². The molecule has 5 aromatic carbocycles. The Balaban J connectivity index is 0.000000389. The molecule has 0 aromatic heterocycles. The highest BCUT2D eigenvalue weighted by atomic mass is 16.7. The highest BCUT2D eigenvalue weighted by Crippen LogP contribution is 2.37. The Morgan fingerprint density at radius 1 is 0.426 bits per heavy atom. The average Bonchev–Trinajstić information content (AvgIpc) is 0.817. The van der Waals surface area contributed by atoms with Crippen LogP contribution in [0.4, 0.5) is 0 Å². The molecule has 5 aromatic rings. The number of hydrogen-bond donors (Lipinski definition) is 9. The molecule has 0 saturated carbocycles. The zero-order valence-electron chi connectivity index (χ0n) is 74.9. The summed E-state index contributed by atoms with van der Waals surface area (Å²) in [5.74, 6) is 1.02. The molecule has 2 saturated heterocycles. The van der Waals surface area contributed by atoms with E-state index in [1.54, 1.807) is 62.8 Å². The Labute approximate surface area is 730 Å². The first-order chi connectivity index (χ1) is 59.4. The number of methoxy groups -OCH3 is 2. The van der Waals surface area contributed by atoms with Gasteiger partial charge >= 0.3 is 0 Å². The van der Waals surface area contributed by atoms with Gasteiger partial charge in [0.05, 0.1) is 97.4 Å². The molecule has 2 fully saturated rings. The summed E-state index contributed by atoms with van der Waals surface area (Å²) in [5.41, 5.74) is 4.29. The molecule has 2 aliphatic heterocycles. The van der Waals surface area contributed by atoms with Gasteiger partial charge in [0.1, 0.15) is 48.1 Å². The molecule has 0 radical (unpaired) electrons. The summed E-state index contributed by atoms with van der Waals surface area (Å²) >= 11 is 0. The van der Waals surface area contributed by atoms with Gasteiger partial charge in [0.15, 0.2) is 18.4 Å². The van der Waals surface area contributed by atoms with Gasteiger partial charge in [-0.05, 0) is 103 Å². The van der Waals surface area contributed by atoms with Crippen LogP contribution in [0.5, 0.6) is 11.5 Å². The van der Waals surface area contributed by atoms with E-state index in [0.29, 0.717) is 62.6 Å². The lowest BCUT2D eigenvalue weighted by atomic mass is 9.79. The lowest BCUT2D eigenvalue weighted by Gasteiger charge is -2.44. The average molecular weight is 1700 g/mol. The fourth-order valence-corrected chi connectivity index (χ4v) is 15.9. The maximum atomic E-state index is 14.1. The minimum atomic E-state index is -1.63. The summed E-state index contributed by atoms with van der Waals surface area (Å²) in [6, 6.07) is 42.7. The smallest absolute Gasteiger partial charge is 0.251 e. The van der Waals surface area contributed by atoms with Crippen molar-refractivity contribution in [3.8, 4) is 11.5 Å². The number of aliphatic hydroxyl groups is 6. The molecular formula is C100H155N3O19. The van der Waals surface area contributed by atoms with Crippen LogP contribution in [0.25, 0.3) is 0 Å². The van der Waals surface area contributed by atoms with Gasteiger partial charge in [-0.15, -0.1) is 0 Å². The van der Waals surface area contributed by atoms with Crippen LogP contribution < -0.4 is 25.4 Å². The minimum absolute atomic E-state index is 0.0605. The summed E-state index contributed by atoms with van der Waals surface area (Å²) in [5, 5.41) is 71.0. The Morgan fingerprint density at radius 2 is 0.852 bits per heavy atom. The zero-order valence-corrected chi connectivity index (χ0v) is 74.9. The molecule has 22 nitrogen and oxygen atoms in total. The summed E-state index contributed by atoms with van der Waals surface area (Å²) in [6.07, 6.45) is 25.5. The predicted octanol–water partition coefficient (Wildman–Crippen LogP) is 17.5. The van der Waals surface area contributed by atoms with Crippen LogP contribution in [-0.2, 0) is 62.6 Å². The van der Waals surface area contributed by atoms with Gasteiger partial charge in [0.25, 0.3) is 5.91 Å². The van der Waals surface area contributed by atoms with Crippen molar-refractivity contribution < 1.29 is 92.4 Å². The number of hydrogen-bond acceptors (Lipinski definition) is 19. The van der Waals surface area contributed by atoms with Gasteiger partial charge < -0.3 is 89.2 Å². The number of rotatable bonds is 65. The Kier molecular flexibility index (Phi) is 53.9. The largest absolute Gasteiger partial charge is 0.497 e. The lowest BCUT2D eigenvalue weighted by Crippen LogP contribution is -2.60. The molecule has 0 bridgehead atoms. The quantitative estimate of drug-likeness (QED) is 0.0129. The number of ether oxygens (including phenoxy) is 9. The van der Waals surface area contributed by atoms with Crippen molar-refractivity contribution in [2.24, 2.45) is 17.8 Å². The van der Waals surface area contributed by atoms with E-state index in [1.165, 1.54) is 109 Å². The SMILES string of the molecule is CCCCCCCCCCCCCC[C@@H](O)[C@@H](O)[C@H](CO[C@H]1OC(CO)[C@H](O)[C@H](O)C1O)NC(=O)CCCCCCCCCC(=O)c1ccc(OC)cc1.CCCCCCCCCCCCCC[C@@H](OCc1ccccc1)[C@@H](OCc1ccccc1)[C@H](CO[C@H]1OC(COCc2ccccc2)[C@H](C)[C@H](C)C1C)NC(=O)CNC(=O)c1ccc(OC)cc1. The Hall–Kier alpha value is -6.74. The van der Waals surface area contributed by atoms with E-state index in [9.17, 15) is 49.8 Å². The van der Waals surface area contributed by atoms with Gasteiger partial charge in [-0.1, -0.05) is 312 Å². The molecule has 2 aliphatic rings. The van der Waals surface area contributed by atoms with Crippen LogP contribution in [-0.4, -0.2) is 181 Å². The van der Waals surface area contributed by atoms with Crippen molar-refractivity contribution in [3.05, 3.63) is 167 Å². The molecule has 4 unspecified atom stereocenters. The maximum Gasteiger partial charge on any atom is 0.251 e. The molecule has 0 aliphatic carbocycles. The van der Waals surface area contributed by atoms with Crippen molar-refractivity contribution in [2.45, 2.75) is 359 Å². The van der Waals surface area contributed by atoms with Crippen LogP contribution in [0.15, 0.2) is 140 Å². The molecular weight excluding hydrogens is 1550 g/mol. The number of aliphatic hydroxyl groups excluding tert-OH is 6. The highest BCUT2D eigenvalue weighted by Gasteiger charge is 2.45. The zero-order chi connectivity index (χ0) is 87.7. The third kappa shape index (κ3) is 41.1. The monoisotopic (exact) mass is 1700 g/mol. The van der Waals surface area contributed by atoms with Crippen LogP contribution in [0.3, 0.4) is 0 Å². The summed E-state index contributed by atoms with van der Waals surface area (Å²) < 4.78 is 55.2. The number of amides is 3. The predicted molar refractivity (Wildman–Crippen MR) is 479 cm³/mol. The third-order valence-electron chi connectivity index (χ3n) is 24.1. The first-order valence-electron chi connectivity index (χ1n) is 46.5. The molecule has 2 heterocycles. The number of unbranched alkanes of at least 4 members (excludes halogenated alkanes) is 28. The van der Waals surface area contributed by atoms with Crippen molar-refractivity contribution in [2.75, 3.05) is 47.2 Å². The van der Waals surface area contributed by atoms with E-state index in [-0.39, 0.29) is 73.5 Å². The van der Waals surface area contributed by atoms with Crippen molar-refractivity contribution >= 4 is 23.5 Å². The summed E-state index contributed by atoms with van der Waals surface area (Å²) in [6.45, 7) is 11.6. The number of nitrogens with one attached hydrogen (secondary N) is 3. The van der Waals surface area contributed by atoms with Gasteiger partial charge in [-0.2, -0.15) is 0 Å². The first-order valence-corrected chi connectivity index (χ1v) is 46.5. The van der Waals surface area contributed by atoms with E-state index < -0.39 is 80.1 Å². The van der Waals surface area contributed by atoms with E-state index >= 15 is 0 Å². The Morgan fingerprint density at radius 3 is 1.35 bits per heavy atom. The number of ketones is 1. The fourth-order valence-electron chi connectivity index (χ4n) is 15.9. The molecule has 16 atom stereocenters. The van der Waals surface area contributed by atoms with Gasteiger partial charge in [0, 0.05) is 29.9 Å². The van der Waals surface area contributed by atoms with Crippen molar-refractivity contribution in [3.63, 3.8) is 0 Å². The Bertz CT molecular complexity index is 3470. The summed E-state index contributed by atoms with van der Waals surface area (Å²) in [4.78, 5) is 52.7. The van der Waals surface area contributed by atoms with Crippen LogP contribution in [0.2, 0.25) is 0 Å². The normalized spacial score (nSPS) is 20.5. The second-order valence-electron chi connectivity index (χ2n) is 33.9. The first kappa shape index (κ1) is 104. The second-order valence-corrected chi connectivity index (χ2v) is 33.9. The lowest BCUT2D eigenvalue weighted by molar-refractivity contribution is -0.303. The molecule has 684 valence electrons. The highest BCUT2D eigenvalue weighted by molar-refractivity contribution is 5.97. The summed E-state index contributed by atoms with van der Waals surface area (Å²) in [7, 11) is 3.17. The van der Waals surface area contributed by atoms with Crippen molar-refractivity contribution in [1.29, 1.82) is 0 Å². The number of carbonyl (C=O) groups is 4. The molecule has 3 amide bonds. The van der Waals surface area contributed by atoms with E-state index in [1.807, 2.05) is 66.7 Å². The van der Waals surface area contributed by atoms with E-state index in [0.717, 1.165) is 112 Å². The number of Topliss-reactive ketones (excluding diaryl/α,β-unsaturated/α-hetero) is 1. The second kappa shape index (κ2) is 63.2. The van der Waals surface area contributed by atoms with Gasteiger partial charge in [0.2, 0.25) is 11.8 Å². The molecule has 22 heteroatoms. The minimum Gasteiger partial charge on any atom is -0.497 e. The van der Waals surface area contributed by atoms with Crippen LogP contribution in [0, 0.1) is 17.8 Å². The molecule has 9 N–H and O–H groups in total. The standard InChI is InChI=1S/C58H82N2O8.C42H73NO11/c1-6-7-8-9-10-11-12-13-14-15-16-26-33-53(65-40-48-29-22-18-23-30-48)56(66-41-49-31-24-19-25-32-49)52(60-55(61)38-59-57(62)50-34-36-51(63-5)37-35-50)42-67-58-46(4)44(2)45(3)54(68-58)43-64-39-47-27-20-17-21-28-47;1-3-4-5-6-7-8-9-10-11-13-17-20-23-35(46)38(48)33(30-53-42-41(51)40(50)39(49)36(29-44)54-42)43-37(47)24-21-18-15-12-14-16-19-22-34(45)31-25-27-32(52-2)28-26-31/h17-25,27-32,34-37,44-46,52-54,56,58H,6-16,26,33,38-43H2,1-5H3,(H,59,62)(H,60,61);25-28,33,35-36,38-42,44,46,48-51H,3-24,29-30H2,1-2H3,(H,43,47)/t44-,45+,46?,52-,53+,54?,56-,58-;33-,35+,36?,38-,39-,40-,41?,42-/m00/s1. The molecule has 122 heavy (non-hydrogen) atoms. The van der Waals surface area contributed by atoms with E-state index in [4.69, 9.17) is 42.6 Å². The van der Waals surface area contributed by atoms with E-state index in [2.05, 4.69) is 74.8 Å². The van der Waals surface area contributed by atoms with Crippen molar-refractivity contribution in [1.82, 2.24) is 16.0 Å². The van der Waals surface area contributed by atoms with Gasteiger partial charge in [-0.3, -0.25) is 19.2 Å². The van der Waals surface area contributed by atoms with Crippen LogP contribution >= 0.6 is 0 Å². The third-order valence-corrected chi connectivity index (χ3v) is 24.1. The van der Waals surface area contributed by atoms with Gasteiger partial charge in [-0.25, -0.2) is 0 Å². The topological polar surface area (TPSA) is 309 Å². The fraction of sp³-hybridized carbons (Fsp3) is 0.660. The number of benzene rings is 5. The molecule has 7 rings (SSSR count). The maximum absolute atomic E-state index is 14.1. The number of carbonyl (C=O) groups excluding carboxylic acids is 4. The molecule has 0 spiro atoms.